The van der Waals surface area contributed by atoms with Crippen LogP contribution in [-0.2, 0) is 20.9 Å². The van der Waals surface area contributed by atoms with Gasteiger partial charge >= 0.3 is 0 Å². The molecule has 0 radical (unpaired) electrons. The third-order valence-electron chi connectivity index (χ3n) is 3.68. The van der Waals surface area contributed by atoms with E-state index < -0.39 is 0 Å². The maximum Gasteiger partial charge on any atom is 0.244 e. The summed E-state index contributed by atoms with van der Waals surface area (Å²) in [6.07, 6.45) is 3.68. The van der Waals surface area contributed by atoms with Gasteiger partial charge in [0.1, 0.15) is 0 Å². The Bertz CT molecular complexity index is 570. The second kappa shape index (κ2) is 8.81. The van der Waals surface area contributed by atoms with Crippen LogP contribution in [0.3, 0.4) is 0 Å². The number of amides is 2. The summed E-state index contributed by atoms with van der Waals surface area (Å²) in [5, 5.41) is 13.7. The molecule has 0 saturated carbocycles. The molecule has 1 saturated heterocycles. The van der Waals surface area contributed by atoms with Crippen LogP contribution in [-0.4, -0.2) is 55.2 Å². The van der Waals surface area contributed by atoms with E-state index in [2.05, 4.69) is 5.32 Å². The molecule has 126 valence electrons. The van der Waals surface area contributed by atoms with Gasteiger partial charge < -0.3 is 20.1 Å². The van der Waals surface area contributed by atoms with E-state index in [1.807, 2.05) is 11.4 Å². The van der Waals surface area contributed by atoms with Crippen LogP contribution >= 0.6 is 11.3 Å². The van der Waals surface area contributed by atoms with Gasteiger partial charge in [0.15, 0.2) is 0 Å². The molecule has 1 aliphatic rings. The first-order valence-corrected chi connectivity index (χ1v) is 8.41. The average molecular weight is 338 g/mol. The fourth-order valence-corrected chi connectivity index (χ4v) is 3.23. The van der Waals surface area contributed by atoms with E-state index in [1.54, 1.807) is 18.1 Å². The summed E-state index contributed by atoms with van der Waals surface area (Å²) in [6, 6.07) is 1.85. The van der Waals surface area contributed by atoms with Crippen LogP contribution in [0.5, 0.6) is 0 Å². The molecular weight excluding hydrogens is 316 g/mol. The lowest BCUT2D eigenvalue weighted by Gasteiger charge is -2.15. The second-order valence-electron chi connectivity index (χ2n) is 5.50. The van der Waals surface area contributed by atoms with Gasteiger partial charge in [0.2, 0.25) is 11.8 Å². The number of methoxy groups -OCH3 is 1. The number of carbonyl (C=O) groups excluding carboxylic acids is 2. The Morgan fingerprint density at radius 3 is 3.13 bits per heavy atom. The van der Waals surface area contributed by atoms with E-state index in [0.717, 1.165) is 10.4 Å². The van der Waals surface area contributed by atoms with E-state index in [9.17, 15) is 9.59 Å². The monoisotopic (exact) mass is 338 g/mol. The van der Waals surface area contributed by atoms with Crippen molar-refractivity contribution in [2.75, 3.05) is 33.4 Å². The summed E-state index contributed by atoms with van der Waals surface area (Å²) in [6.45, 7) is 2.29. The van der Waals surface area contributed by atoms with Crippen molar-refractivity contribution in [1.82, 2.24) is 10.2 Å². The minimum atomic E-state index is -0.174. The highest BCUT2D eigenvalue weighted by Crippen LogP contribution is 2.17. The van der Waals surface area contributed by atoms with Gasteiger partial charge in [-0.2, -0.15) is 0 Å². The van der Waals surface area contributed by atoms with Crippen molar-refractivity contribution in [1.29, 1.82) is 0 Å². The van der Waals surface area contributed by atoms with Crippen molar-refractivity contribution in [2.24, 2.45) is 5.92 Å². The van der Waals surface area contributed by atoms with E-state index >= 15 is 0 Å². The average Bonchev–Trinajstić information content (AvgIpc) is 3.15. The number of nitrogens with one attached hydrogen (secondary N) is 1. The summed E-state index contributed by atoms with van der Waals surface area (Å²) in [7, 11) is 1.61. The zero-order valence-electron chi connectivity index (χ0n) is 13.2. The first-order valence-electron chi connectivity index (χ1n) is 7.53. The quantitative estimate of drug-likeness (QED) is 0.689. The molecule has 0 bridgehead atoms. The number of thiophene rings is 1. The van der Waals surface area contributed by atoms with Gasteiger partial charge in [-0.1, -0.05) is 0 Å². The molecule has 2 amide bonds. The van der Waals surface area contributed by atoms with Gasteiger partial charge in [0.25, 0.3) is 0 Å². The van der Waals surface area contributed by atoms with Gasteiger partial charge in [-0.05, 0) is 23.1 Å². The number of aliphatic hydroxyl groups excluding tert-OH is 1. The number of carbonyl (C=O) groups is 2. The van der Waals surface area contributed by atoms with Gasteiger partial charge in [-0.25, -0.2) is 0 Å². The molecule has 23 heavy (non-hydrogen) atoms. The predicted octanol–water partition coefficient (Wildman–Crippen LogP) is 0.865. The SMILES string of the molecule is COCCN1CC(CNC(=O)C=Cc2cc(CO)cs2)CC1=O. The molecule has 2 rings (SSSR count). The Labute approximate surface area is 139 Å². The molecule has 1 aromatic rings. The van der Waals surface area contributed by atoms with Crippen LogP contribution < -0.4 is 5.32 Å². The van der Waals surface area contributed by atoms with E-state index in [-0.39, 0.29) is 24.3 Å². The Balaban J connectivity index is 1.73. The van der Waals surface area contributed by atoms with Crippen LogP contribution in [0.25, 0.3) is 6.08 Å². The first kappa shape index (κ1) is 17.7. The summed E-state index contributed by atoms with van der Waals surface area (Å²) in [5.41, 5.74) is 0.843. The molecular formula is C16H22N2O4S. The molecule has 2 N–H and O–H groups in total. The fourth-order valence-electron chi connectivity index (χ4n) is 2.43. The third-order valence-corrected chi connectivity index (χ3v) is 4.63. The highest BCUT2D eigenvalue weighted by atomic mass is 32.1. The van der Waals surface area contributed by atoms with Crippen LogP contribution in [0.15, 0.2) is 17.5 Å². The summed E-state index contributed by atoms with van der Waals surface area (Å²) >= 11 is 1.48. The standard InChI is InChI=1S/C16H22N2O4S/c1-22-5-4-18-9-12(7-16(18)21)8-17-15(20)3-2-14-6-13(10-19)11-23-14/h2-3,6,11-12,19H,4-5,7-10H2,1H3,(H,17,20). The van der Waals surface area contributed by atoms with Gasteiger partial charge in [0, 0.05) is 50.0 Å². The Morgan fingerprint density at radius 2 is 2.43 bits per heavy atom. The van der Waals surface area contributed by atoms with Crippen molar-refractivity contribution in [3.63, 3.8) is 0 Å². The van der Waals surface area contributed by atoms with Crippen molar-refractivity contribution >= 4 is 29.2 Å². The molecule has 1 aromatic heterocycles. The van der Waals surface area contributed by atoms with E-state index in [0.29, 0.717) is 32.7 Å². The number of ether oxygens (including phenoxy) is 1. The van der Waals surface area contributed by atoms with Gasteiger partial charge in [-0.15, -0.1) is 11.3 Å². The van der Waals surface area contributed by atoms with Crippen LogP contribution in [0.2, 0.25) is 0 Å². The lowest BCUT2D eigenvalue weighted by molar-refractivity contribution is -0.128. The second-order valence-corrected chi connectivity index (χ2v) is 6.44. The number of rotatable bonds is 8. The Hall–Kier alpha value is -1.70. The first-order chi connectivity index (χ1) is 11.1. The molecule has 0 aromatic carbocycles. The third kappa shape index (κ3) is 5.46. The van der Waals surface area contributed by atoms with E-state index in [4.69, 9.17) is 9.84 Å². The normalized spacial score (nSPS) is 18.1. The van der Waals surface area contributed by atoms with Crippen LogP contribution in [0.4, 0.5) is 0 Å². The van der Waals surface area contributed by atoms with E-state index in [1.165, 1.54) is 17.4 Å². The topological polar surface area (TPSA) is 78.9 Å². The zero-order chi connectivity index (χ0) is 16.7. The summed E-state index contributed by atoms with van der Waals surface area (Å²) in [5.74, 6) is 0.0955. The molecule has 0 aliphatic carbocycles. The number of hydrogen-bond donors (Lipinski definition) is 2. The Morgan fingerprint density at radius 1 is 1.61 bits per heavy atom. The largest absolute Gasteiger partial charge is 0.392 e. The molecule has 1 atom stereocenters. The number of aliphatic hydroxyl groups is 1. The van der Waals surface area contributed by atoms with Crippen LogP contribution in [0, 0.1) is 5.92 Å². The maximum atomic E-state index is 11.8. The van der Waals surface area contributed by atoms with Crippen molar-refractivity contribution in [2.45, 2.75) is 13.0 Å². The van der Waals surface area contributed by atoms with Gasteiger partial charge in [0.05, 0.1) is 13.2 Å². The molecule has 1 aliphatic heterocycles. The molecule has 0 spiro atoms. The molecule has 2 heterocycles. The molecule has 6 nitrogen and oxygen atoms in total. The number of likely N-dealkylation sites (tertiary alicyclic amines) is 1. The molecule has 7 heteroatoms. The highest BCUT2D eigenvalue weighted by Gasteiger charge is 2.29. The number of hydrogen-bond acceptors (Lipinski definition) is 5. The summed E-state index contributed by atoms with van der Waals surface area (Å²) < 4.78 is 4.98. The Kier molecular flexibility index (Phi) is 6.76. The highest BCUT2D eigenvalue weighted by molar-refractivity contribution is 7.11. The van der Waals surface area contributed by atoms with Crippen molar-refractivity contribution in [3.8, 4) is 0 Å². The smallest absolute Gasteiger partial charge is 0.244 e. The van der Waals surface area contributed by atoms with Gasteiger partial charge in [-0.3, -0.25) is 9.59 Å². The van der Waals surface area contributed by atoms with Crippen molar-refractivity contribution < 1.29 is 19.4 Å². The molecule has 1 unspecified atom stereocenters. The number of nitrogens with zero attached hydrogens (tertiary/aromatic N) is 1. The predicted molar refractivity (Wildman–Crippen MR) is 88.8 cm³/mol. The minimum absolute atomic E-state index is 0.00577. The minimum Gasteiger partial charge on any atom is -0.392 e. The van der Waals surface area contributed by atoms with Crippen molar-refractivity contribution in [3.05, 3.63) is 28.0 Å². The molecule has 1 fully saturated rings. The lowest BCUT2D eigenvalue weighted by atomic mass is 10.1. The zero-order valence-corrected chi connectivity index (χ0v) is 14.0. The fraction of sp³-hybridized carbons (Fsp3) is 0.500. The lowest BCUT2D eigenvalue weighted by Crippen LogP contribution is -2.31. The summed E-state index contributed by atoms with van der Waals surface area (Å²) in [4.78, 5) is 26.3. The van der Waals surface area contributed by atoms with Crippen LogP contribution in [0.1, 0.15) is 16.9 Å². The maximum absolute atomic E-state index is 11.8.